The van der Waals surface area contributed by atoms with E-state index in [2.05, 4.69) is 44.2 Å². The van der Waals surface area contributed by atoms with Gasteiger partial charge >= 0.3 is 0 Å². The van der Waals surface area contributed by atoms with Gasteiger partial charge in [0.15, 0.2) is 0 Å². The van der Waals surface area contributed by atoms with E-state index in [1.807, 2.05) is 18.2 Å². The summed E-state index contributed by atoms with van der Waals surface area (Å²) >= 11 is 1.78. The second-order valence-electron chi connectivity index (χ2n) is 4.99. The summed E-state index contributed by atoms with van der Waals surface area (Å²) in [6.07, 6.45) is 0. The molecule has 2 atom stereocenters. The fraction of sp³-hybridized carbons (Fsp3) is 0.294. The Balaban J connectivity index is 2.23. The molecule has 0 amide bonds. The van der Waals surface area contributed by atoms with Crippen molar-refractivity contribution in [2.75, 3.05) is 7.11 Å². The van der Waals surface area contributed by atoms with Gasteiger partial charge in [-0.1, -0.05) is 35.9 Å². The van der Waals surface area contributed by atoms with Gasteiger partial charge in [-0.3, -0.25) is 0 Å². The molecule has 0 aromatic heterocycles. The van der Waals surface area contributed by atoms with Crippen LogP contribution >= 0.6 is 11.8 Å². The van der Waals surface area contributed by atoms with Crippen molar-refractivity contribution in [3.8, 4) is 5.75 Å². The van der Waals surface area contributed by atoms with Crippen LogP contribution in [0.4, 0.5) is 0 Å². The van der Waals surface area contributed by atoms with Gasteiger partial charge in [-0.15, -0.1) is 11.8 Å². The van der Waals surface area contributed by atoms with Crippen LogP contribution in [0.3, 0.4) is 0 Å². The SMILES string of the molecule is COc1cccc(SC(c2ccc(C)cc2)C(C)N)c1. The average Bonchev–Trinajstić information content (AvgIpc) is 2.46. The van der Waals surface area contributed by atoms with E-state index < -0.39 is 0 Å². The molecular formula is C17H21NOS. The summed E-state index contributed by atoms with van der Waals surface area (Å²) in [5.74, 6) is 0.877. The summed E-state index contributed by atoms with van der Waals surface area (Å²) in [5.41, 5.74) is 8.70. The number of nitrogens with two attached hydrogens (primary N) is 1. The molecule has 2 aromatic rings. The maximum atomic E-state index is 6.17. The van der Waals surface area contributed by atoms with Crippen LogP contribution in [0.15, 0.2) is 53.4 Å². The van der Waals surface area contributed by atoms with E-state index in [0.717, 1.165) is 5.75 Å². The molecule has 2 rings (SSSR count). The Hall–Kier alpha value is -1.45. The van der Waals surface area contributed by atoms with Crippen molar-refractivity contribution >= 4 is 11.8 Å². The minimum absolute atomic E-state index is 0.0777. The Bertz CT molecular complexity index is 551. The number of thioether (sulfide) groups is 1. The molecule has 0 aliphatic rings. The van der Waals surface area contributed by atoms with E-state index in [1.165, 1.54) is 16.0 Å². The number of hydrogen-bond acceptors (Lipinski definition) is 3. The van der Waals surface area contributed by atoms with Crippen molar-refractivity contribution in [1.82, 2.24) is 0 Å². The maximum absolute atomic E-state index is 6.17. The molecule has 0 bridgehead atoms. The first-order valence-electron chi connectivity index (χ1n) is 6.73. The van der Waals surface area contributed by atoms with Gasteiger partial charge in [0.1, 0.15) is 5.75 Å². The van der Waals surface area contributed by atoms with Crippen molar-refractivity contribution in [3.05, 3.63) is 59.7 Å². The van der Waals surface area contributed by atoms with Gasteiger partial charge < -0.3 is 10.5 Å². The molecular weight excluding hydrogens is 266 g/mol. The summed E-state index contributed by atoms with van der Waals surface area (Å²) in [6, 6.07) is 16.8. The lowest BCUT2D eigenvalue weighted by Gasteiger charge is -2.21. The molecule has 0 aliphatic heterocycles. The minimum Gasteiger partial charge on any atom is -0.497 e. The van der Waals surface area contributed by atoms with E-state index in [1.54, 1.807) is 18.9 Å². The predicted octanol–water partition coefficient (Wildman–Crippen LogP) is 4.18. The third-order valence-corrected chi connectivity index (χ3v) is 4.67. The van der Waals surface area contributed by atoms with Crippen molar-refractivity contribution in [3.63, 3.8) is 0 Å². The second kappa shape index (κ2) is 6.82. The van der Waals surface area contributed by atoms with Crippen LogP contribution in [0.2, 0.25) is 0 Å². The zero-order chi connectivity index (χ0) is 14.5. The number of aryl methyl sites for hydroxylation is 1. The Morgan fingerprint density at radius 1 is 1.10 bits per heavy atom. The number of benzene rings is 2. The fourth-order valence-electron chi connectivity index (χ4n) is 2.06. The molecule has 0 heterocycles. The Morgan fingerprint density at radius 3 is 2.40 bits per heavy atom. The molecule has 2 nitrogen and oxygen atoms in total. The summed E-state index contributed by atoms with van der Waals surface area (Å²) in [7, 11) is 1.69. The van der Waals surface area contributed by atoms with Gasteiger partial charge in [-0.05, 0) is 37.6 Å². The van der Waals surface area contributed by atoms with Gasteiger partial charge in [0.2, 0.25) is 0 Å². The molecule has 20 heavy (non-hydrogen) atoms. The van der Waals surface area contributed by atoms with Gasteiger partial charge in [0.05, 0.1) is 7.11 Å². The Morgan fingerprint density at radius 2 is 1.80 bits per heavy atom. The topological polar surface area (TPSA) is 35.2 Å². The summed E-state index contributed by atoms with van der Waals surface area (Å²) in [6.45, 7) is 4.15. The molecule has 2 unspecified atom stereocenters. The van der Waals surface area contributed by atoms with E-state index in [-0.39, 0.29) is 11.3 Å². The number of methoxy groups -OCH3 is 1. The first-order chi connectivity index (χ1) is 9.60. The molecule has 2 N–H and O–H groups in total. The van der Waals surface area contributed by atoms with E-state index in [0.29, 0.717) is 0 Å². The molecule has 0 saturated heterocycles. The molecule has 0 fully saturated rings. The van der Waals surface area contributed by atoms with E-state index in [4.69, 9.17) is 10.5 Å². The first kappa shape index (κ1) is 14.9. The highest BCUT2D eigenvalue weighted by molar-refractivity contribution is 7.99. The number of hydrogen-bond donors (Lipinski definition) is 1. The molecule has 0 saturated carbocycles. The minimum atomic E-state index is 0.0777. The standard InChI is InChI=1S/C17H21NOS/c1-12-7-9-14(10-8-12)17(13(2)18)20-16-6-4-5-15(11-16)19-3/h4-11,13,17H,18H2,1-3H3. The van der Waals surface area contributed by atoms with Crippen molar-refractivity contribution in [2.24, 2.45) is 5.73 Å². The number of ether oxygens (including phenoxy) is 1. The third-order valence-electron chi connectivity index (χ3n) is 3.19. The zero-order valence-electron chi connectivity index (χ0n) is 12.2. The summed E-state index contributed by atoms with van der Waals surface area (Å²) < 4.78 is 5.27. The van der Waals surface area contributed by atoms with Gasteiger partial charge in [0, 0.05) is 16.2 Å². The fourth-order valence-corrected chi connectivity index (χ4v) is 3.20. The van der Waals surface area contributed by atoms with Crippen LogP contribution in [0.25, 0.3) is 0 Å². The summed E-state index contributed by atoms with van der Waals surface area (Å²) in [4.78, 5) is 1.17. The van der Waals surface area contributed by atoms with Gasteiger partial charge in [-0.25, -0.2) is 0 Å². The Kier molecular flexibility index (Phi) is 5.10. The number of rotatable bonds is 5. The van der Waals surface area contributed by atoms with E-state index in [9.17, 15) is 0 Å². The van der Waals surface area contributed by atoms with E-state index >= 15 is 0 Å². The van der Waals surface area contributed by atoms with Crippen LogP contribution in [0.5, 0.6) is 5.75 Å². The predicted molar refractivity (Wildman–Crippen MR) is 86.4 cm³/mol. The third kappa shape index (κ3) is 3.78. The lowest BCUT2D eigenvalue weighted by Crippen LogP contribution is -2.22. The van der Waals surface area contributed by atoms with Crippen LogP contribution in [0, 0.1) is 6.92 Å². The van der Waals surface area contributed by atoms with Crippen LogP contribution < -0.4 is 10.5 Å². The molecule has 0 aliphatic carbocycles. The zero-order valence-corrected chi connectivity index (χ0v) is 13.0. The van der Waals surface area contributed by atoms with Crippen LogP contribution in [-0.4, -0.2) is 13.2 Å². The molecule has 106 valence electrons. The van der Waals surface area contributed by atoms with Crippen LogP contribution in [0.1, 0.15) is 23.3 Å². The lowest BCUT2D eigenvalue weighted by atomic mass is 10.1. The van der Waals surface area contributed by atoms with Crippen LogP contribution in [-0.2, 0) is 0 Å². The summed E-state index contributed by atoms with van der Waals surface area (Å²) in [5, 5.41) is 0.239. The highest BCUT2D eigenvalue weighted by Gasteiger charge is 2.17. The maximum Gasteiger partial charge on any atom is 0.119 e. The molecule has 0 spiro atoms. The van der Waals surface area contributed by atoms with Crippen molar-refractivity contribution in [2.45, 2.75) is 30.0 Å². The smallest absolute Gasteiger partial charge is 0.119 e. The molecule has 0 radical (unpaired) electrons. The lowest BCUT2D eigenvalue weighted by molar-refractivity contribution is 0.413. The quantitative estimate of drug-likeness (QED) is 0.838. The van der Waals surface area contributed by atoms with Gasteiger partial charge in [0.25, 0.3) is 0 Å². The Labute approximate surface area is 125 Å². The normalized spacial score (nSPS) is 13.8. The molecule has 3 heteroatoms. The van der Waals surface area contributed by atoms with Gasteiger partial charge in [-0.2, -0.15) is 0 Å². The van der Waals surface area contributed by atoms with Crippen molar-refractivity contribution in [1.29, 1.82) is 0 Å². The largest absolute Gasteiger partial charge is 0.497 e. The highest BCUT2D eigenvalue weighted by atomic mass is 32.2. The molecule has 2 aromatic carbocycles. The monoisotopic (exact) mass is 287 g/mol. The highest BCUT2D eigenvalue weighted by Crippen LogP contribution is 2.38. The first-order valence-corrected chi connectivity index (χ1v) is 7.61. The second-order valence-corrected chi connectivity index (χ2v) is 6.20. The van der Waals surface area contributed by atoms with Crippen molar-refractivity contribution < 1.29 is 4.74 Å². The average molecular weight is 287 g/mol.